The van der Waals surface area contributed by atoms with E-state index in [0.29, 0.717) is 0 Å². The number of nitrogens with zero attached hydrogens (tertiary/aromatic N) is 3. The summed E-state index contributed by atoms with van der Waals surface area (Å²) in [7, 11) is 0. The maximum Gasteiger partial charge on any atom is 0.282 e. The fourth-order valence-electron chi connectivity index (χ4n) is 3.19. The van der Waals surface area contributed by atoms with E-state index < -0.39 is 19.0 Å². The zero-order chi connectivity index (χ0) is 17.6. The van der Waals surface area contributed by atoms with Gasteiger partial charge >= 0.3 is 0 Å². The summed E-state index contributed by atoms with van der Waals surface area (Å²) < 4.78 is 27.7. The summed E-state index contributed by atoms with van der Waals surface area (Å²) in [5, 5.41) is 0. The van der Waals surface area contributed by atoms with E-state index in [-0.39, 0.29) is 12.5 Å². The van der Waals surface area contributed by atoms with Crippen LogP contribution in [0.5, 0.6) is 0 Å². The van der Waals surface area contributed by atoms with Crippen LogP contribution in [0.15, 0.2) is 48.8 Å². The van der Waals surface area contributed by atoms with Gasteiger partial charge in [-0.05, 0) is 24.1 Å². The highest BCUT2D eigenvalue weighted by Crippen LogP contribution is 2.28. The Morgan fingerprint density at radius 2 is 1.92 bits per heavy atom. The van der Waals surface area contributed by atoms with Gasteiger partial charge in [0.25, 0.3) is 5.92 Å². The molecule has 2 aromatic heterocycles. The Hall–Kier alpha value is -2.76. The van der Waals surface area contributed by atoms with Crippen LogP contribution in [0.4, 0.5) is 8.78 Å². The third-order valence-corrected chi connectivity index (χ3v) is 4.51. The second-order valence-electron chi connectivity index (χ2n) is 6.50. The monoisotopic (exact) mass is 341 g/mol. The Labute approximate surface area is 143 Å². The molecule has 0 bridgehead atoms. The van der Waals surface area contributed by atoms with Crippen LogP contribution in [0.25, 0.3) is 22.2 Å². The molecule has 0 N–H and O–H groups in total. The SMILES string of the molecule is Cc1cn(CC(=O)N2CC(F)(F)C2)c2cc(-c3ccccc3)cnc12. The number of halogens is 2. The number of likely N-dealkylation sites (tertiary alicyclic amines) is 1. The molecule has 25 heavy (non-hydrogen) atoms. The van der Waals surface area contributed by atoms with Crippen molar-refractivity contribution in [2.24, 2.45) is 0 Å². The van der Waals surface area contributed by atoms with Crippen molar-refractivity contribution in [3.05, 3.63) is 54.4 Å². The van der Waals surface area contributed by atoms with Crippen LogP contribution in [0, 0.1) is 6.92 Å². The summed E-state index contributed by atoms with van der Waals surface area (Å²) in [4.78, 5) is 18.0. The van der Waals surface area contributed by atoms with Crippen molar-refractivity contribution in [1.82, 2.24) is 14.5 Å². The molecule has 0 atom stereocenters. The first-order valence-electron chi connectivity index (χ1n) is 8.09. The number of rotatable bonds is 3. The van der Waals surface area contributed by atoms with Crippen LogP contribution >= 0.6 is 0 Å². The van der Waals surface area contributed by atoms with Crippen molar-refractivity contribution in [2.75, 3.05) is 13.1 Å². The van der Waals surface area contributed by atoms with Gasteiger partial charge in [0, 0.05) is 18.0 Å². The van der Waals surface area contributed by atoms with Gasteiger partial charge in [0.05, 0.1) is 24.1 Å². The standard InChI is InChI=1S/C19H17F2N3O/c1-13-9-23(10-17(25)24-11-19(20,21)12-24)16-7-15(8-22-18(13)16)14-5-3-2-4-6-14/h2-9H,10-12H2,1H3. The molecule has 0 unspecified atom stereocenters. The second kappa shape index (κ2) is 5.65. The summed E-state index contributed by atoms with van der Waals surface area (Å²) in [5.41, 5.74) is 4.60. The molecule has 1 aliphatic heterocycles. The molecule has 0 spiro atoms. The molecular weight excluding hydrogens is 324 g/mol. The minimum atomic E-state index is -2.74. The van der Waals surface area contributed by atoms with Gasteiger partial charge in [-0.3, -0.25) is 9.78 Å². The molecule has 128 valence electrons. The van der Waals surface area contributed by atoms with Gasteiger partial charge in [-0.2, -0.15) is 0 Å². The van der Waals surface area contributed by atoms with Crippen molar-refractivity contribution >= 4 is 16.9 Å². The van der Waals surface area contributed by atoms with Crippen molar-refractivity contribution in [3.63, 3.8) is 0 Å². The zero-order valence-electron chi connectivity index (χ0n) is 13.7. The molecule has 1 aliphatic rings. The number of hydrogen-bond acceptors (Lipinski definition) is 2. The van der Waals surface area contributed by atoms with E-state index in [1.807, 2.05) is 55.7 Å². The molecule has 0 radical (unpaired) electrons. The number of carbonyl (C=O) groups excluding carboxylic acids is 1. The van der Waals surface area contributed by atoms with Gasteiger partial charge in [-0.1, -0.05) is 30.3 Å². The first kappa shape index (κ1) is 15.7. The van der Waals surface area contributed by atoms with Crippen LogP contribution in [-0.2, 0) is 11.3 Å². The van der Waals surface area contributed by atoms with Crippen LogP contribution < -0.4 is 0 Å². The number of hydrogen-bond donors (Lipinski definition) is 0. The van der Waals surface area contributed by atoms with Crippen LogP contribution in [0.2, 0.25) is 0 Å². The largest absolute Gasteiger partial charge is 0.336 e. The van der Waals surface area contributed by atoms with Crippen molar-refractivity contribution in [3.8, 4) is 11.1 Å². The molecule has 0 aliphatic carbocycles. The van der Waals surface area contributed by atoms with E-state index in [0.717, 1.165) is 27.7 Å². The van der Waals surface area contributed by atoms with Crippen molar-refractivity contribution in [2.45, 2.75) is 19.4 Å². The van der Waals surface area contributed by atoms with E-state index in [1.165, 1.54) is 4.90 Å². The Morgan fingerprint density at radius 3 is 2.60 bits per heavy atom. The molecule has 4 nitrogen and oxygen atoms in total. The molecule has 3 heterocycles. The number of benzene rings is 1. The lowest BCUT2D eigenvalue weighted by molar-refractivity contribution is -0.166. The van der Waals surface area contributed by atoms with Gasteiger partial charge in [-0.15, -0.1) is 0 Å². The van der Waals surface area contributed by atoms with Gasteiger partial charge in [0.2, 0.25) is 5.91 Å². The zero-order valence-corrected chi connectivity index (χ0v) is 13.7. The Balaban J connectivity index is 1.66. The molecule has 6 heteroatoms. The lowest BCUT2D eigenvalue weighted by Gasteiger charge is -2.38. The van der Waals surface area contributed by atoms with Gasteiger partial charge in [-0.25, -0.2) is 8.78 Å². The highest BCUT2D eigenvalue weighted by Gasteiger charge is 2.46. The minimum absolute atomic E-state index is 0.0420. The number of aromatic nitrogens is 2. The highest BCUT2D eigenvalue weighted by atomic mass is 19.3. The average Bonchev–Trinajstić information content (AvgIpc) is 2.89. The fraction of sp³-hybridized carbons (Fsp3) is 0.263. The van der Waals surface area contributed by atoms with E-state index in [2.05, 4.69) is 4.98 Å². The number of amides is 1. The van der Waals surface area contributed by atoms with E-state index in [1.54, 1.807) is 4.57 Å². The lowest BCUT2D eigenvalue weighted by atomic mass is 10.1. The predicted octanol–water partition coefficient (Wildman–Crippen LogP) is 3.49. The van der Waals surface area contributed by atoms with Crippen LogP contribution in [-0.4, -0.2) is 39.4 Å². The minimum Gasteiger partial charge on any atom is -0.336 e. The third-order valence-electron chi connectivity index (χ3n) is 4.51. The second-order valence-corrected chi connectivity index (χ2v) is 6.50. The molecule has 0 saturated carbocycles. The molecule has 1 fully saturated rings. The van der Waals surface area contributed by atoms with E-state index in [9.17, 15) is 13.6 Å². The quantitative estimate of drug-likeness (QED) is 0.731. The van der Waals surface area contributed by atoms with E-state index in [4.69, 9.17) is 0 Å². The number of pyridine rings is 1. The van der Waals surface area contributed by atoms with Gasteiger partial charge < -0.3 is 9.47 Å². The maximum absolute atomic E-state index is 13.0. The van der Waals surface area contributed by atoms with Crippen LogP contribution in [0.3, 0.4) is 0 Å². The van der Waals surface area contributed by atoms with Gasteiger partial charge in [0.15, 0.2) is 0 Å². The maximum atomic E-state index is 13.0. The summed E-state index contributed by atoms with van der Waals surface area (Å²) in [6.07, 6.45) is 3.66. The molecule has 1 aromatic carbocycles. The number of fused-ring (bicyclic) bond motifs is 1. The number of carbonyl (C=O) groups is 1. The normalized spacial score (nSPS) is 16.0. The first-order valence-corrected chi connectivity index (χ1v) is 8.09. The summed E-state index contributed by atoms with van der Waals surface area (Å²) in [6.45, 7) is 0.992. The fourth-order valence-corrected chi connectivity index (χ4v) is 3.19. The Morgan fingerprint density at radius 1 is 1.20 bits per heavy atom. The average molecular weight is 341 g/mol. The van der Waals surface area contributed by atoms with Crippen LogP contribution in [0.1, 0.15) is 5.56 Å². The molecule has 4 rings (SSSR count). The van der Waals surface area contributed by atoms with Crippen molar-refractivity contribution < 1.29 is 13.6 Å². The molecule has 1 amide bonds. The van der Waals surface area contributed by atoms with Gasteiger partial charge in [0.1, 0.15) is 6.54 Å². The summed E-state index contributed by atoms with van der Waals surface area (Å²) in [6, 6.07) is 11.8. The lowest BCUT2D eigenvalue weighted by Crippen LogP contribution is -2.59. The predicted molar refractivity (Wildman–Crippen MR) is 91.4 cm³/mol. The number of aryl methyl sites for hydroxylation is 1. The highest BCUT2D eigenvalue weighted by molar-refractivity contribution is 5.86. The third kappa shape index (κ3) is 2.88. The summed E-state index contributed by atoms with van der Waals surface area (Å²) >= 11 is 0. The summed E-state index contributed by atoms with van der Waals surface area (Å²) in [5.74, 6) is -3.04. The molecule has 3 aromatic rings. The molecular formula is C19H17F2N3O. The first-order chi connectivity index (χ1) is 11.9. The Kier molecular flexibility index (Phi) is 3.56. The number of alkyl halides is 2. The smallest absolute Gasteiger partial charge is 0.282 e. The Bertz CT molecular complexity index is 942. The van der Waals surface area contributed by atoms with Crippen molar-refractivity contribution in [1.29, 1.82) is 0 Å². The topological polar surface area (TPSA) is 38.1 Å². The molecule has 1 saturated heterocycles. The van der Waals surface area contributed by atoms with E-state index >= 15 is 0 Å².